The first kappa shape index (κ1) is 12.7. The Bertz CT molecular complexity index is 1050. The molecule has 3 heterocycles. The molecule has 0 unspecified atom stereocenters. The van der Waals surface area contributed by atoms with E-state index in [2.05, 4.69) is 36.2 Å². The van der Waals surface area contributed by atoms with E-state index in [1.54, 1.807) is 10.6 Å². The molecule has 0 aliphatic carbocycles. The van der Waals surface area contributed by atoms with Gasteiger partial charge in [0.25, 0.3) is 5.56 Å². The van der Waals surface area contributed by atoms with Crippen LogP contribution in [0.15, 0.2) is 32.8 Å². The average Bonchev–Trinajstić information content (AvgIpc) is 3.05. The molecule has 21 heavy (non-hydrogen) atoms. The van der Waals surface area contributed by atoms with Crippen LogP contribution in [0.5, 0.6) is 0 Å². The highest BCUT2D eigenvalue weighted by Crippen LogP contribution is 2.26. The molecule has 6 nitrogen and oxygen atoms in total. The minimum absolute atomic E-state index is 0.276. The maximum absolute atomic E-state index is 12.2. The molecule has 0 amide bonds. The van der Waals surface area contributed by atoms with Crippen molar-refractivity contribution in [1.82, 2.24) is 24.8 Å². The highest BCUT2D eigenvalue weighted by molar-refractivity contribution is 9.10. The number of aryl methyl sites for hydroxylation is 1. The lowest BCUT2D eigenvalue weighted by molar-refractivity contribution is 0.874. The summed E-state index contributed by atoms with van der Waals surface area (Å²) in [6.45, 7) is 1.92. The third kappa shape index (κ3) is 1.90. The Balaban J connectivity index is 2.12. The van der Waals surface area contributed by atoms with Crippen LogP contribution < -0.4 is 5.56 Å². The molecule has 0 spiro atoms. The summed E-state index contributed by atoms with van der Waals surface area (Å²) >= 11 is 4.84. The summed E-state index contributed by atoms with van der Waals surface area (Å²) in [5, 5.41) is 10.4. The van der Waals surface area contributed by atoms with E-state index in [4.69, 9.17) is 0 Å². The minimum Gasteiger partial charge on any atom is -0.267 e. The Kier molecular flexibility index (Phi) is 2.69. The molecule has 1 aromatic carbocycles. The van der Waals surface area contributed by atoms with Gasteiger partial charge in [-0.2, -0.15) is 10.1 Å². The van der Waals surface area contributed by atoms with E-state index in [-0.39, 0.29) is 5.56 Å². The second-order valence-electron chi connectivity index (χ2n) is 4.59. The Labute approximate surface area is 130 Å². The predicted molar refractivity (Wildman–Crippen MR) is 84.7 cm³/mol. The minimum atomic E-state index is -0.276. The van der Waals surface area contributed by atoms with Gasteiger partial charge in [0, 0.05) is 15.5 Å². The van der Waals surface area contributed by atoms with Gasteiger partial charge < -0.3 is 0 Å². The Morgan fingerprint density at radius 3 is 2.95 bits per heavy atom. The fraction of sp³-hybridized carbons (Fsp3) is 0.0769. The van der Waals surface area contributed by atoms with E-state index in [0.717, 1.165) is 20.7 Å². The summed E-state index contributed by atoms with van der Waals surface area (Å²) in [6, 6.07) is 5.48. The molecule has 0 aliphatic heterocycles. The number of aromatic amines is 1. The predicted octanol–water partition coefficient (Wildman–Crippen LogP) is 2.77. The van der Waals surface area contributed by atoms with Crippen LogP contribution in [-0.4, -0.2) is 24.8 Å². The maximum Gasteiger partial charge on any atom is 0.281 e. The van der Waals surface area contributed by atoms with Crippen molar-refractivity contribution in [2.45, 2.75) is 6.92 Å². The van der Waals surface area contributed by atoms with Crippen molar-refractivity contribution in [3.63, 3.8) is 0 Å². The summed E-state index contributed by atoms with van der Waals surface area (Å²) in [7, 11) is 0. The number of hydrogen-bond donors (Lipinski definition) is 1. The fourth-order valence-electron chi connectivity index (χ4n) is 2.21. The van der Waals surface area contributed by atoms with E-state index in [0.29, 0.717) is 16.7 Å². The molecule has 4 aromatic rings. The number of fused-ring (bicyclic) bond motifs is 3. The second-order valence-corrected chi connectivity index (χ2v) is 6.37. The van der Waals surface area contributed by atoms with Crippen molar-refractivity contribution in [2.24, 2.45) is 0 Å². The smallest absolute Gasteiger partial charge is 0.267 e. The van der Waals surface area contributed by atoms with Crippen molar-refractivity contribution in [1.29, 1.82) is 0 Å². The normalized spacial score (nSPS) is 11.5. The molecule has 8 heteroatoms. The lowest BCUT2D eigenvalue weighted by Gasteiger charge is -2.00. The molecule has 0 saturated heterocycles. The number of H-pyrrole nitrogens is 1. The van der Waals surface area contributed by atoms with Crippen LogP contribution in [0.2, 0.25) is 0 Å². The third-order valence-corrected chi connectivity index (χ3v) is 4.60. The van der Waals surface area contributed by atoms with Crippen LogP contribution in [0.25, 0.3) is 27.3 Å². The molecule has 3 aromatic heterocycles. The van der Waals surface area contributed by atoms with Crippen LogP contribution in [0.1, 0.15) is 5.69 Å². The largest absolute Gasteiger partial charge is 0.281 e. The zero-order valence-electron chi connectivity index (χ0n) is 10.8. The lowest BCUT2D eigenvalue weighted by atomic mass is 10.2. The summed E-state index contributed by atoms with van der Waals surface area (Å²) in [5.74, 6) is 0. The van der Waals surface area contributed by atoms with Gasteiger partial charge in [0.2, 0.25) is 0 Å². The first-order valence-corrected chi connectivity index (χ1v) is 7.79. The second kappa shape index (κ2) is 4.47. The number of aromatic nitrogens is 5. The maximum atomic E-state index is 12.2. The van der Waals surface area contributed by atoms with Crippen LogP contribution in [0, 0.1) is 6.92 Å². The summed E-state index contributed by atoms with van der Waals surface area (Å²) in [5.41, 5.74) is 2.46. The van der Waals surface area contributed by atoms with Crippen molar-refractivity contribution < 1.29 is 0 Å². The fourth-order valence-corrected chi connectivity index (χ4v) is 3.35. The van der Waals surface area contributed by atoms with Gasteiger partial charge in [-0.05, 0) is 25.1 Å². The summed E-state index contributed by atoms with van der Waals surface area (Å²) < 4.78 is 2.54. The van der Waals surface area contributed by atoms with Crippen molar-refractivity contribution in [3.05, 3.63) is 44.1 Å². The highest BCUT2D eigenvalue weighted by Gasteiger charge is 2.16. The van der Waals surface area contributed by atoms with Gasteiger partial charge in [0.1, 0.15) is 5.01 Å². The Morgan fingerprint density at radius 1 is 1.33 bits per heavy atom. The first-order chi connectivity index (χ1) is 10.1. The number of nitrogens with one attached hydrogen (secondary N) is 1. The quantitative estimate of drug-likeness (QED) is 0.565. The van der Waals surface area contributed by atoms with Gasteiger partial charge >= 0.3 is 0 Å². The van der Waals surface area contributed by atoms with Gasteiger partial charge in [-0.3, -0.25) is 4.79 Å². The van der Waals surface area contributed by atoms with E-state index < -0.39 is 0 Å². The average molecular weight is 362 g/mol. The van der Waals surface area contributed by atoms with E-state index in [9.17, 15) is 4.79 Å². The number of nitrogens with zero attached hydrogens (tertiary/aromatic N) is 4. The lowest BCUT2D eigenvalue weighted by Crippen LogP contribution is -2.10. The molecule has 0 aliphatic rings. The van der Waals surface area contributed by atoms with Crippen LogP contribution >= 0.6 is 27.3 Å². The van der Waals surface area contributed by atoms with Gasteiger partial charge in [0.15, 0.2) is 11.3 Å². The number of rotatable bonds is 1. The molecule has 0 atom stereocenters. The van der Waals surface area contributed by atoms with Crippen molar-refractivity contribution >= 4 is 43.8 Å². The summed E-state index contributed by atoms with van der Waals surface area (Å²) in [4.78, 5) is 20.8. The van der Waals surface area contributed by atoms with Crippen molar-refractivity contribution in [2.75, 3.05) is 0 Å². The highest BCUT2D eigenvalue weighted by atomic mass is 79.9. The monoisotopic (exact) mass is 361 g/mol. The topological polar surface area (TPSA) is 75.9 Å². The molecule has 4 rings (SSSR count). The molecule has 0 fully saturated rings. The van der Waals surface area contributed by atoms with Crippen LogP contribution in [0.4, 0.5) is 0 Å². The van der Waals surface area contributed by atoms with Gasteiger partial charge in [0.05, 0.1) is 10.9 Å². The van der Waals surface area contributed by atoms with Gasteiger partial charge in [-0.15, -0.1) is 11.3 Å². The number of halogens is 1. The molecular weight excluding hydrogens is 354 g/mol. The van der Waals surface area contributed by atoms with Crippen LogP contribution in [0.3, 0.4) is 0 Å². The molecule has 104 valence electrons. The summed E-state index contributed by atoms with van der Waals surface area (Å²) in [6.07, 6.45) is 0. The SMILES string of the molecule is Cc1csc(-c2n[nH]n3c2nc(=O)c2cc(Br)ccc23)n1. The zero-order valence-corrected chi connectivity index (χ0v) is 13.2. The standard InChI is InChI=1S/C13H8BrN5OS/c1-6-5-21-13(15-6)10-11-16-12(20)8-4-7(14)2-3-9(8)19(11)18-17-10/h2-5,18H,1H3. The molecule has 0 radical (unpaired) electrons. The molecule has 1 N–H and O–H groups in total. The Morgan fingerprint density at radius 2 is 2.19 bits per heavy atom. The number of thiazole rings is 1. The number of hydrogen-bond acceptors (Lipinski definition) is 5. The van der Waals surface area contributed by atoms with E-state index in [1.807, 2.05) is 24.4 Å². The van der Waals surface area contributed by atoms with Crippen LogP contribution in [-0.2, 0) is 0 Å². The molecular formula is C13H8BrN5OS. The first-order valence-electron chi connectivity index (χ1n) is 6.12. The van der Waals surface area contributed by atoms with E-state index >= 15 is 0 Å². The zero-order chi connectivity index (χ0) is 14.6. The molecule has 0 saturated carbocycles. The number of benzene rings is 1. The van der Waals surface area contributed by atoms with E-state index in [1.165, 1.54) is 11.3 Å². The van der Waals surface area contributed by atoms with Gasteiger partial charge in [-0.25, -0.2) is 14.7 Å². The Hall–Kier alpha value is -2.06. The molecule has 0 bridgehead atoms. The van der Waals surface area contributed by atoms with Crippen molar-refractivity contribution in [3.8, 4) is 10.7 Å². The van der Waals surface area contributed by atoms with Gasteiger partial charge in [-0.1, -0.05) is 15.9 Å². The third-order valence-electron chi connectivity index (χ3n) is 3.14.